The Labute approximate surface area is 106 Å². The Bertz CT molecular complexity index is 422. The van der Waals surface area contributed by atoms with Crippen LogP contribution in [0.4, 0.5) is 5.82 Å². The molecule has 1 rings (SSSR count). The van der Waals surface area contributed by atoms with Gasteiger partial charge in [0.15, 0.2) is 0 Å². The number of thiocarbonyl (C=S) groups is 1. The second-order valence-electron chi connectivity index (χ2n) is 3.56. The van der Waals surface area contributed by atoms with E-state index in [4.69, 9.17) is 18.0 Å². The maximum Gasteiger partial charge on any atom is 0.241 e. The molecule has 1 aromatic heterocycles. The van der Waals surface area contributed by atoms with Crippen LogP contribution in [0.2, 0.25) is 0 Å². The number of hydrogen-bond donors (Lipinski definition) is 2. The Balaban J connectivity index is 2.60. The van der Waals surface area contributed by atoms with Gasteiger partial charge < -0.3 is 16.0 Å². The van der Waals surface area contributed by atoms with Crippen molar-refractivity contribution < 1.29 is 4.79 Å². The van der Waals surface area contributed by atoms with Crippen LogP contribution in [-0.4, -0.2) is 40.9 Å². The predicted molar refractivity (Wildman–Crippen MR) is 71.9 cm³/mol. The minimum atomic E-state index is 0.00929. The number of carbonyl (C=O) groups is 1. The van der Waals surface area contributed by atoms with Crippen LogP contribution in [0.3, 0.4) is 0 Å². The Morgan fingerprint density at radius 1 is 1.65 bits per heavy atom. The molecule has 0 bridgehead atoms. The van der Waals surface area contributed by atoms with Crippen molar-refractivity contribution in [1.82, 2.24) is 9.88 Å². The van der Waals surface area contributed by atoms with Crippen LogP contribution >= 0.6 is 12.2 Å². The van der Waals surface area contributed by atoms with Gasteiger partial charge in [-0.25, -0.2) is 4.98 Å². The van der Waals surface area contributed by atoms with Crippen LogP contribution in [0.5, 0.6) is 0 Å². The molecule has 0 saturated carbocycles. The van der Waals surface area contributed by atoms with Gasteiger partial charge in [-0.2, -0.15) is 0 Å². The lowest BCUT2D eigenvalue weighted by molar-refractivity contribution is -0.127. The van der Waals surface area contributed by atoms with Crippen molar-refractivity contribution in [3.8, 4) is 0 Å². The lowest BCUT2D eigenvalue weighted by atomic mass is 10.2. The number of carbonyl (C=O) groups excluding carboxylic acids is 1. The largest absolute Gasteiger partial charge is 0.389 e. The third-order valence-corrected chi connectivity index (χ3v) is 2.60. The highest BCUT2D eigenvalue weighted by molar-refractivity contribution is 7.80. The van der Waals surface area contributed by atoms with E-state index in [1.54, 1.807) is 30.3 Å². The molecule has 1 heterocycles. The predicted octanol–water partition coefficient (Wildman–Crippen LogP) is 0.606. The lowest BCUT2D eigenvalue weighted by Crippen LogP contribution is -2.32. The first-order valence-corrected chi connectivity index (χ1v) is 5.69. The quantitative estimate of drug-likeness (QED) is 0.751. The minimum Gasteiger partial charge on any atom is -0.389 e. The zero-order chi connectivity index (χ0) is 12.8. The number of likely N-dealkylation sites (N-methyl/N-ethyl adjacent to an activating group) is 1. The highest BCUT2D eigenvalue weighted by atomic mass is 32.1. The molecule has 0 aliphatic carbocycles. The molecule has 6 heteroatoms. The average Bonchev–Trinajstić information content (AvgIpc) is 2.35. The van der Waals surface area contributed by atoms with E-state index in [2.05, 4.69) is 10.3 Å². The van der Waals surface area contributed by atoms with E-state index in [0.29, 0.717) is 17.4 Å². The summed E-state index contributed by atoms with van der Waals surface area (Å²) in [6.07, 6.45) is 1.60. The average molecular weight is 252 g/mol. The standard InChI is InChI=1S/C11H16N4OS/c1-3-15(2)10(16)7-14-9-6-8(11(12)17)4-5-13-9/h4-6H,3,7H2,1-2H3,(H2,12,17)(H,13,14). The van der Waals surface area contributed by atoms with Crippen molar-refractivity contribution in [2.75, 3.05) is 25.5 Å². The molecular formula is C11H16N4OS. The first-order valence-electron chi connectivity index (χ1n) is 5.28. The van der Waals surface area contributed by atoms with Crippen LogP contribution in [-0.2, 0) is 4.79 Å². The molecule has 0 aliphatic heterocycles. The van der Waals surface area contributed by atoms with Gasteiger partial charge in [-0.15, -0.1) is 0 Å². The second kappa shape index (κ2) is 6.15. The van der Waals surface area contributed by atoms with E-state index in [0.717, 1.165) is 5.56 Å². The van der Waals surface area contributed by atoms with E-state index >= 15 is 0 Å². The lowest BCUT2D eigenvalue weighted by Gasteiger charge is -2.15. The normalized spacial score (nSPS) is 9.76. The van der Waals surface area contributed by atoms with Gasteiger partial charge in [0, 0.05) is 25.4 Å². The number of anilines is 1. The summed E-state index contributed by atoms with van der Waals surface area (Å²) in [5.41, 5.74) is 6.24. The number of nitrogens with zero attached hydrogens (tertiary/aromatic N) is 2. The van der Waals surface area contributed by atoms with Gasteiger partial charge in [-0.1, -0.05) is 12.2 Å². The monoisotopic (exact) mass is 252 g/mol. The summed E-state index contributed by atoms with van der Waals surface area (Å²) in [5, 5.41) is 2.94. The highest BCUT2D eigenvalue weighted by Gasteiger charge is 2.06. The molecule has 0 atom stereocenters. The first kappa shape index (κ1) is 13.4. The van der Waals surface area contributed by atoms with Crippen molar-refractivity contribution >= 4 is 28.9 Å². The molecule has 1 amide bonds. The molecule has 1 aromatic rings. The van der Waals surface area contributed by atoms with Gasteiger partial charge in [0.25, 0.3) is 0 Å². The summed E-state index contributed by atoms with van der Waals surface area (Å²) < 4.78 is 0. The molecular weight excluding hydrogens is 236 g/mol. The first-order chi connectivity index (χ1) is 8.04. The van der Waals surface area contributed by atoms with Crippen molar-refractivity contribution in [2.45, 2.75) is 6.92 Å². The van der Waals surface area contributed by atoms with Gasteiger partial charge in [0.2, 0.25) is 5.91 Å². The fourth-order valence-electron chi connectivity index (χ4n) is 1.16. The van der Waals surface area contributed by atoms with Crippen molar-refractivity contribution in [3.63, 3.8) is 0 Å². The summed E-state index contributed by atoms with van der Waals surface area (Å²) in [6.45, 7) is 2.81. The molecule has 0 unspecified atom stereocenters. The van der Waals surface area contributed by atoms with E-state index in [1.165, 1.54) is 0 Å². The minimum absolute atomic E-state index is 0.00929. The van der Waals surface area contributed by atoms with Crippen molar-refractivity contribution in [2.24, 2.45) is 5.73 Å². The number of nitrogens with one attached hydrogen (secondary N) is 1. The Hall–Kier alpha value is -1.69. The molecule has 17 heavy (non-hydrogen) atoms. The van der Waals surface area contributed by atoms with Crippen molar-refractivity contribution in [1.29, 1.82) is 0 Å². The molecule has 5 nitrogen and oxygen atoms in total. The third-order valence-electron chi connectivity index (χ3n) is 2.37. The van der Waals surface area contributed by atoms with Gasteiger partial charge in [-0.05, 0) is 19.1 Å². The van der Waals surface area contributed by atoms with E-state index in [-0.39, 0.29) is 12.5 Å². The Morgan fingerprint density at radius 3 is 2.94 bits per heavy atom. The van der Waals surface area contributed by atoms with Gasteiger partial charge >= 0.3 is 0 Å². The molecule has 0 saturated heterocycles. The van der Waals surface area contributed by atoms with Crippen molar-refractivity contribution in [3.05, 3.63) is 23.9 Å². The SMILES string of the molecule is CCN(C)C(=O)CNc1cc(C(N)=S)ccn1. The molecule has 92 valence electrons. The van der Waals surface area contributed by atoms with Gasteiger partial charge in [-0.3, -0.25) is 4.79 Å². The number of rotatable bonds is 5. The van der Waals surface area contributed by atoms with E-state index in [1.807, 2.05) is 6.92 Å². The maximum atomic E-state index is 11.6. The van der Waals surface area contributed by atoms with Crippen LogP contribution in [0.25, 0.3) is 0 Å². The fourth-order valence-corrected chi connectivity index (χ4v) is 1.28. The van der Waals surface area contributed by atoms with E-state index < -0.39 is 0 Å². The number of nitrogens with two attached hydrogens (primary N) is 1. The molecule has 0 aliphatic rings. The third kappa shape index (κ3) is 3.99. The molecule has 0 spiro atoms. The summed E-state index contributed by atoms with van der Waals surface area (Å²) in [4.78, 5) is 17.6. The van der Waals surface area contributed by atoms with Gasteiger partial charge in [0.1, 0.15) is 10.8 Å². The fraction of sp³-hybridized carbons (Fsp3) is 0.364. The topological polar surface area (TPSA) is 71.2 Å². The Kier molecular flexibility index (Phi) is 4.84. The number of pyridine rings is 1. The van der Waals surface area contributed by atoms with Crippen LogP contribution in [0.15, 0.2) is 18.3 Å². The van der Waals surface area contributed by atoms with Gasteiger partial charge in [0.05, 0.1) is 6.54 Å². The summed E-state index contributed by atoms with van der Waals surface area (Å²) >= 11 is 4.86. The number of aromatic nitrogens is 1. The maximum absolute atomic E-state index is 11.6. The molecule has 0 radical (unpaired) electrons. The highest BCUT2D eigenvalue weighted by Crippen LogP contribution is 2.06. The Morgan fingerprint density at radius 2 is 2.35 bits per heavy atom. The molecule has 0 aromatic carbocycles. The number of hydrogen-bond acceptors (Lipinski definition) is 4. The summed E-state index contributed by atoms with van der Waals surface area (Å²) in [6, 6.07) is 3.45. The second-order valence-corrected chi connectivity index (χ2v) is 4.00. The zero-order valence-corrected chi connectivity index (χ0v) is 10.8. The smallest absolute Gasteiger partial charge is 0.241 e. The summed E-state index contributed by atoms with van der Waals surface area (Å²) in [5.74, 6) is 0.600. The zero-order valence-electron chi connectivity index (χ0n) is 9.93. The van der Waals surface area contributed by atoms with Crippen LogP contribution in [0, 0.1) is 0 Å². The van der Waals surface area contributed by atoms with E-state index in [9.17, 15) is 4.79 Å². The number of amides is 1. The van der Waals surface area contributed by atoms with Crippen LogP contribution < -0.4 is 11.1 Å². The molecule has 3 N–H and O–H groups in total. The van der Waals surface area contributed by atoms with Crippen LogP contribution in [0.1, 0.15) is 12.5 Å². The molecule has 0 fully saturated rings. The summed E-state index contributed by atoms with van der Waals surface area (Å²) in [7, 11) is 1.75.